The molecule has 0 radical (unpaired) electrons. The van der Waals surface area contributed by atoms with Crippen LogP contribution in [0.3, 0.4) is 0 Å². The van der Waals surface area contributed by atoms with Crippen LogP contribution in [-0.2, 0) is 0 Å². The first-order valence-corrected chi connectivity index (χ1v) is 7.05. The van der Waals surface area contributed by atoms with Gasteiger partial charge in [0, 0.05) is 16.6 Å². The quantitative estimate of drug-likeness (QED) is 0.871. The molecule has 0 bridgehead atoms. The van der Waals surface area contributed by atoms with Crippen LogP contribution in [-0.4, -0.2) is 41.5 Å². The highest BCUT2D eigenvalue weighted by Crippen LogP contribution is 2.17. The van der Waals surface area contributed by atoms with Crippen molar-refractivity contribution in [1.29, 1.82) is 0 Å². The molecule has 3 nitrogen and oxygen atoms in total. The van der Waals surface area contributed by atoms with Crippen LogP contribution in [0.2, 0.25) is 0 Å². The van der Waals surface area contributed by atoms with Crippen LogP contribution in [0.15, 0.2) is 28.7 Å². The third-order valence-corrected chi connectivity index (χ3v) is 4.06. The number of likely N-dealkylation sites (tertiary alicyclic amines) is 1. The maximum absolute atomic E-state index is 12.1. The van der Waals surface area contributed by atoms with Crippen LogP contribution in [0, 0.1) is 5.92 Å². The minimum absolute atomic E-state index is 0.115. The van der Waals surface area contributed by atoms with Crippen LogP contribution < -0.4 is 0 Å². The second-order valence-corrected chi connectivity index (χ2v) is 5.91. The highest BCUT2D eigenvalue weighted by Gasteiger charge is 2.25. The standard InChI is InChI=1S/C14H18BrNO2/c1-10-6-7-16(8-13(10)17)9-14(18)11-2-4-12(15)5-3-11/h2-5,10,13,17H,6-9H2,1H3. The van der Waals surface area contributed by atoms with Crippen molar-refractivity contribution in [1.82, 2.24) is 4.90 Å². The Balaban J connectivity index is 1.93. The molecule has 0 spiro atoms. The predicted molar refractivity (Wildman–Crippen MR) is 74.7 cm³/mol. The Morgan fingerprint density at radius 1 is 1.44 bits per heavy atom. The third-order valence-electron chi connectivity index (χ3n) is 3.54. The van der Waals surface area contributed by atoms with Crippen molar-refractivity contribution in [3.63, 3.8) is 0 Å². The van der Waals surface area contributed by atoms with E-state index in [9.17, 15) is 9.90 Å². The SMILES string of the molecule is CC1CCN(CC(=O)c2ccc(Br)cc2)CC1O. The van der Waals surface area contributed by atoms with Gasteiger partial charge in [0.15, 0.2) is 5.78 Å². The van der Waals surface area contributed by atoms with Gasteiger partial charge in [-0.1, -0.05) is 35.0 Å². The number of ketones is 1. The van der Waals surface area contributed by atoms with Crippen molar-refractivity contribution in [3.8, 4) is 0 Å². The minimum atomic E-state index is -0.309. The highest BCUT2D eigenvalue weighted by atomic mass is 79.9. The highest BCUT2D eigenvalue weighted by molar-refractivity contribution is 9.10. The molecular formula is C14H18BrNO2. The number of rotatable bonds is 3. The number of halogens is 1. The summed E-state index contributed by atoms with van der Waals surface area (Å²) in [5.41, 5.74) is 0.728. The first kappa shape index (κ1) is 13.7. The number of carbonyl (C=O) groups excluding carboxylic acids is 1. The molecule has 0 amide bonds. The Hall–Kier alpha value is -0.710. The molecule has 98 valence electrons. The van der Waals surface area contributed by atoms with E-state index in [1.54, 1.807) is 0 Å². The normalized spacial score (nSPS) is 25.1. The van der Waals surface area contributed by atoms with Gasteiger partial charge in [0.1, 0.15) is 0 Å². The molecule has 0 saturated carbocycles. The summed E-state index contributed by atoms with van der Waals surface area (Å²) in [5, 5.41) is 9.81. The maximum atomic E-state index is 12.1. The van der Waals surface area contributed by atoms with E-state index in [0.29, 0.717) is 19.0 Å². The van der Waals surface area contributed by atoms with Gasteiger partial charge in [0.25, 0.3) is 0 Å². The van der Waals surface area contributed by atoms with Gasteiger partial charge in [-0.2, -0.15) is 0 Å². The fourth-order valence-corrected chi connectivity index (χ4v) is 2.45. The summed E-state index contributed by atoms with van der Waals surface area (Å²) in [6.07, 6.45) is 0.644. The van der Waals surface area contributed by atoms with Crippen LogP contribution in [0.1, 0.15) is 23.7 Å². The number of aliphatic hydroxyl groups excluding tert-OH is 1. The zero-order chi connectivity index (χ0) is 13.1. The fraction of sp³-hybridized carbons (Fsp3) is 0.500. The predicted octanol–water partition coefficient (Wildman–Crippen LogP) is 2.33. The Morgan fingerprint density at radius 3 is 2.72 bits per heavy atom. The summed E-state index contributed by atoms with van der Waals surface area (Å²) >= 11 is 3.35. The molecule has 1 heterocycles. The smallest absolute Gasteiger partial charge is 0.176 e. The van der Waals surface area contributed by atoms with Crippen LogP contribution in [0.4, 0.5) is 0 Å². The molecule has 1 aromatic carbocycles. The molecule has 1 N–H and O–H groups in total. The zero-order valence-corrected chi connectivity index (χ0v) is 12.1. The molecule has 2 atom stereocenters. The van der Waals surface area contributed by atoms with E-state index >= 15 is 0 Å². The summed E-state index contributed by atoms with van der Waals surface area (Å²) < 4.78 is 0.973. The summed E-state index contributed by atoms with van der Waals surface area (Å²) in [6.45, 7) is 3.94. The third kappa shape index (κ3) is 3.40. The molecule has 1 aliphatic rings. The summed E-state index contributed by atoms with van der Waals surface area (Å²) in [6, 6.07) is 7.41. The number of hydrogen-bond acceptors (Lipinski definition) is 3. The van der Waals surface area contributed by atoms with Crippen molar-refractivity contribution < 1.29 is 9.90 Å². The molecule has 0 aromatic heterocycles. The van der Waals surface area contributed by atoms with E-state index in [0.717, 1.165) is 23.0 Å². The van der Waals surface area contributed by atoms with Gasteiger partial charge in [-0.15, -0.1) is 0 Å². The molecule has 1 aromatic rings. The van der Waals surface area contributed by atoms with E-state index < -0.39 is 0 Å². The second kappa shape index (κ2) is 5.95. The molecule has 4 heteroatoms. The molecule has 1 fully saturated rings. The molecule has 1 aliphatic heterocycles. The van der Waals surface area contributed by atoms with Gasteiger partial charge in [0.2, 0.25) is 0 Å². The minimum Gasteiger partial charge on any atom is -0.392 e. The summed E-state index contributed by atoms with van der Waals surface area (Å²) in [5.74, 6) is 0.452. The van der Waals surface area contributed by atoms with Crippen molar-refractivity contribution >= 4 is 21.7 Å². The summed E-state index contributed by atoms with van der Waals surface area (Å²) in [7, 11) is 0. The summed E-state index contributed by atoms with van der Waals surface area (Å²) in [4.78, 5) is 14.1. The lowest BCUT2D eigenvalue weighted by atomic mass is 9.95. The van der Waals surface area contributed by atoms with Crippen LogP contribution >= 0.6 is 15.9 Å². The molecule has 2 rings (SSSR count). The second-order valence-electron chi connectivity index (χ2n) is 5.00. The lowest BCUT2D eigenvalue weighted by Gasteiger charge is -2.33. The van der Waals surface area contributed by atoms with E-state index in [-0.39, 0.29) is 11.9 Å². The van der Waals surface area contributed by atoms with Crippen molar-refractivity contribution in [2.45, 2.75) is 19.4 Å². The molecule has 1 saturated heterocycles. The lowest BCUT2D eigenvalue weighted by Crippen LogP contribution is -2.44. The van der Waals surface area contributed by atoms with Crippen LogP contribution in [0.25, 0.3) is 0 Å². The van der Waals surface area contributed by atoms with Gasteiger partial charge in [-0.05, 0) is 31.0 Å². The maximum Gasteiger partial charge on any atom is 0.176 e. The number of piperidine rings is 1. The van der Waals surface area contributed by atoms with E-state index in [4.69, 9.17) is 0 Å². The van der Waals surface area contributed by atoms with Crippen molar-refractivity contribution in [3.05, 3.63) is 34.3 Å². The first-order valence-electron chi connectivity index (χ1n) is 6.25. The number of Topliss-reactive ketones (excluding diaryl/α,β-unsaturated/α-hetero) is 1. The lowest BCUT2D eigenvalue weighted by molar-refractivity contribution is 0.0295. The number of benzene rings is 1. The Labute approximate surface area is 116 Å². The Kier molecular flexibility index (Phi) is 4.54. The van der Waals surface area contributed by atoms with Crippen molar-refractivity contribution in [2.24, 2.45) is 5.92 Å². The number of nitrogens with zero attached hydrogens (tertiary/aromatic N) is 1. The van der Waals surface area contributed by atoms with Crippen LogP contribution in [0.5, 0.6) is 0 Å². The number of carbonyl (C=O) groups is 1. The van der Waals surface area contributed by atoms with Gasteiger partial charge in [-0.3, -0.25) is 9.69 Å². The Morgan fingerprint density at radius 2 is 2.11 bits per heavy atom. The van der Waals surface area contributed by atoms with Gasteiger partial charge in [-0.25, -0.2) is 0 Å². The Bertz CT molecular complexity index is 418. The topological polar surface area (TPSA) is 40.5 Å². The largest absolute Gasteiger partial charge is 0.392 e. The number of β-amino-alcohol motifs (C(OH)–C–C–N with tert-alkyl or cyclic N) is 1. The average molecular weight is 312 g/mol. The molecule has 0 aliphatic carbocycles. The average Bonchev–Trinajstić information content (AvgIpc) is 2.34. The number of hydrogen-bond donors (Lipinski definition) is 1. The van der Waals surface area contributed by atoms with Gasteiger partial charge < -0.3 is 5.11 Å². The number of aliphatic hydroxyl groups is 1. The molecular weight excluding hydrogens is 294 g/mol. The monoisotopic (exact) mass is 311 g/mol. The van der Waals surface area contributed by atoms with Gasteiger partial charge >= 0.3 is 0 Å². The fourth-order valence-electron chi connectivity index (χ4n) is 2.19. The van der Waals surface area contributed by atoms with E-state index in [1.165, 1.54) is 0 Å². The molecule has 18 heavy (non-hydrogen) atoms. The first-order chi connectivity index (χ1) is 8.56. The van der Waals surface area contributed by atoms with E-state index in [1.807, 2.05) is 29.2 Å². The van der Waals surface area contributed by atoms with Gasteiger partial charge in [0.05, 0.1) is 12.6 Å². The molecule has 2 unspecified atom stereocenters. The van der Waals surface area contributed by atoms with E-state index in [2.05, 4.69) is 22.9 Å². The zero-order valence-electron chi connectivity index (χ0n) is 10.5. The van der Waals surface area contributed by atoms with Crippen molar-refractivity contribution in [2.75, 3.05) is 19.6 Å².